The Hall–Kier alpha value is -2.44. The van der Waals surface area contributed by atoms with Crippen LogP contribution < -0.4 is 18.9 Å². The fraction of sp³-hybridized carbons (Fsp3) is 0.429. The topological polar surface area (TPSA) is 60.0 Å². The fourth-order valence-corrected chi connectivity index (χ4v) is 4.52. The molecular formula is C21H25NO5. The van der Waals surface area contributed by atoms with E-state index < -0.39 is 0 Å². The predicted octanol–water partition coefficient (Wildman–Crippen LogP) is 3.39. The Bertz CT molecular complexity index is 881. The number of fused-ring (bicyclic) bond motifs is 4. The highest BCUT2D eigenvalue weighted by molar-refractivity contribution is 5.53. The molecule has 0 bridgehead atoms. The normalized spacial score (nSPS) is 22.9. The van der Waals surface area contributed by atoms with Gasteiger partial charge >= 0.3 is 0 Å². The summed E-state index contributed by atoms with van der Waals surface area (Å²) < 4.78 is 21.6. The molecule has 0 aliphatic carbocycles. The van der Waals surface area contributed by atoms with Crippen molar-refractivity contribution in [2.24, 2.45) is 0 Å². The first-order valence-electron chi connectivity index (χ1n) is 9.10. The van der Waals surface area contributed by atoms with Crippen molar-refractivity contribution in [1.82, 2.24) is 0 Å². The van der Waals surface area contributed by atoms with Crippen LogP contribution in [0.1, 0.15) is 28.3 Å². The van der Waals surface area contributed by atoms with Gasteiger partial charge in [0.25, 0.3) is 0 Å². The van der Waals surface area contributed by atoms with Crippen LogP contribution in [0.2, 0.25) is 0 Å². The van der Waals surface area contributed by atoms with Crippen LogP contribution in [0.4, 0.5) is 0 Å². The van der Waals surface area contributed by atoms with Crippen LogP contribution in [-0.4, -0.2) is 39.6 Å². The number of nitrogens with zero attached hydrogens (tertiary/aromatic N) is 1. The summed E-state index contributed by atoms with van der Waals surface area (Å²) in [5.41, 5.74) is 4.34. The second kappa shape index (κ2) is 6.62. The van der Waals surface area contributed by atoms with Crippen LogP contribution in [0.5, 0.6) is 23.0 Å². The van der Waals surface area contributed by atoms with Gasteiger partial charge in [0.2, 0.25) is 0 Å². The van der Waals surface area contributed by atoms with E-state index in [-0.39, 0.29) is 10.7 Å². The maximum atomic E-state index is 13.8. The number of rotatable bonds is 4. The van der Waals surface area contributed by atoms with Crippen LogP contribution in [0.3, 0.4) is 0 Å². The molecule has 0 N–H and O–H groups in total. The van der Waals surface area contributed by atoms with E-state index in [0.717, 1.165) is 23.1 Å². The van der Waals surface area contributed by atoms with Gasteiger partial charge in [0.15, 0.2) is 23.0 Å². The van der Waals surface area contributed by atoms with Gasteiger partial charge in [-0.05, 0) is 29.3 Å². The number of hydroxylamine groups is 3. The lowest BCUT2D eigenvalue weighted by atomic mass is 9.83. The van der Waals surface area contributed by atoms with Crippen molar-refractivity contribution >= 4 is 0 Å². The van der Waals surface area contributed by atoms with Gasteiger partial charge in [-0.3, -0.25) is 0 Å². The summed E-state index contributed by atoms with van der Waals surface area (Å²) in [5, 5.41) is 13.8. The summed E-state index contributed by atoms with van der Waals surface area (Å²) in [6, 6.07) is 7.81. The Morgan fingerprint density at radius 2 is 1.59 bits per heavy atom. The lowest BCUT2D eigenvalue weighted by Crippen LogP contribution is -2.52. The van der Waals surface area contributed by atoms with Gasteiger partial charge in [0.05, 0.1) is 40.5 Å². The van der Waals surface area contributed by atoms with Crippen molar-refractivity contribution in [3.8, 4) is 23.0 Å². The lowest BCUT2D eigenvalue weighted by molar-refractivity contribution is -0.928. The first kappa shape index (κ1) is 17.9. The SMILES string of the molecule is COc1cc2c(cc1OC)[C@@H]1Cc3ccc(OC)c(OC)c3C[N@@+]1([O-])CC2. The monoisotopic (exact) mass is 371 g/mol. The van der Waals surface area contributed by atoms with E-state index in [1.807, 2.05) is 18.2 Å². The van der Waals surface area contributed by atoms with Crippen LogP contribution >= 0.6 is 0 Å². The number of methoxy groups -OCH3 is 4. The molecule has 4 rings (SSSR count). The standard InChI is InChI=1S/C21H25NO5/c1-24-18-6-5-13-9-17-15-11-20(26-3)19(25-2)10-14(15)7-8-22(17,23)12-16(13)21(18)27-4/h5-6,10-11,17H,7-9,12H2,1-4H3/t17-,22-/m0/s1. The van der Waals surface area contributed by atoms with Crippen LogP contribution in [0, 0.1) is 5.21 Å². The van der Waals surface area contributed by atoms with Gasteiger partial charge in [0.1, 0.15) is 12.6 Å². The number of quaternary nitrogens is 1. The highest BCUT2D eigenvalue weighted by Gasteiger charge is 2.42. The molecule has 0 saturated carbocycles. The minimum atomic E-state index is -0.279. The van der Waals surface area contributed by atoms with Gasteiger partial charge in [0, 0.05) is 18.4 Å². The van der Waals surface area contributed by atoms with Crippen molar-refractivity contribution in [2.75, 3.05) is 35.0 Å². The third-order valence-corrected chi connectivity index (χ3v) is 5.92. The van der Waals surface area contributed by atoms with Crippen LogP contribution in [0.25, 0.3) is 0 Å². The second-order valence-electron chi connectivity index (χ2n) is 7.15. The molecule has 0 fully saturated rings. The average molecular weight is 371 g/mol. The average Bonchev–Trinajstić information content (AvgIpc) is 2.70. The van der Waals surface area contributed by atoms with Gasteiger partial charge in [-0.2, -0.15) is 0 Å². The van der Waals surface area contributed by atoms with Gasteiger partial charge in [-0.1, -0.05) is 6.07 Å². The highest BCUT2D eigenvalue weighted by Crippen LogP contribution is 2.49. The van der Waals surface area contributed by atoms with Crippen molar-refractivity contribution in [1.29, 1.82) is 0 Å². The molecule has 2 atom stereocenters. The molecule has 0 spiro atoms. The number of benzene rings is 2. The summed E-state index contributed by atoms with van der Waals surface area (Å²) in [7, 11) is 6.51. The summed E-state index contributed by atoms with van der Waals surface area (Å²) >= 11 is 0. The van der Waals surface area contributed by atoms with Crippen molar-refractivity contribution in [2.45, 2.75) is 25.4 Å². The van der Waals surface area contributed by atoms with Crippen molar-refractivity contribution in [3.63, 3.8) is 0 Å². The van der Waals surface area contributed by atoms with E-state index in [2.05, 4.69) is 6.07 Å². The first-order valence-corrected chi connectivity index (χ1v) is 9.10. The maximum Gasteiger partial charge on any atom is 0.169 e. The van der Waals surface area contributed by atoms with Gasteiger partial charge in [-0.25, -0.2) is 0 Å². The fourth-order valence-electron chi connectivity index (χ4n) is 4.52. The Balaban J connectivity index is 1.82. The zero-order valence-electron chi connectivity index (χ0n) is 16.2. The molecular weight excluding hydrogens is 346 g/mol. The smallest absolute Gasteiger partial charge is 0.169 e. The zero-order valence-corrected chi connectivity index (χ0v) is 16.2. The van der Waals surface area contributed by atoms with E-state index >= 15 is 0 Å². The maximum absolute atomic E-state index is 13.8. The number of hydrogen-bond donors (Lipinski definition) is 0. The van der Waals surface area contributed by atoms with Crippen LogP contribution in [0.15, 0.2) is 24.3 Å². The minimum Gasteiger partial charge on any atom is -0.632 e. The molecule has 2 aliphatic heterocycles. The van der Waals surface area contributed by atoms with Gasteiger partial charge in [-0.15, -0.1) is 0 Å². The first-order chi connectivity index (χ1) is 13.0. The largest absolute Gasteiger partial charge is 0.632 e. The molecule has 144 valence electrons. The molecule has 0 radical (unpaired) electrons. The Kier molecular flexibility index (Phi) is 4.40. The molecule has 2 aromatic carbocycles. The summed E-state index contributed by atoms with van der Waals surface area (Å²) in [4.78, 5) is 0. The summed E-state index contributed by atoms with van der Waals surface area (Å²) in [6.07, 6.45) is 1.39. The van der Waals surface area contributed by atoms with E-state index in [4.69, 9.17) is 18.9 Å². The molecule has 2 heterocycles. The Morgan fingerprint density at radius 1 is 0.889 bits per heavy atom. The molecule has 2 aromatic rings. The van der Waals surface area contributed by atoms with Crippen LogP contribution in [-0.2, 0) is 19.4 Å². The molecule has 0 aromatic heterocycles. The molecule has 6 heteroatoms. The summed E-state index contributed by atoms with van der Waals surface area (Å²) in [5.74, 6) is 2.73. The molecule has 2 aliphatic rings. The number of ether oxygens (including phenoxy) is 4. The minimum absolute atomic E-state index is 0.154. The third kappa shape index (κ3) is 2.71. The molecule has 0 unspecified atom stereocenters. The highest BCUT2D eigenvalue weighted by atomic mass is 16.6. The Morgan fingerprint density at radius 3 is 2.26 bits per heavy atom. The quantitative estimate of drug-likeness (QED) is 0.609. The molecule has 0 amide bonds. The van der Waals surface area contributed by atoms with E-state index in [1.54, 1.807) is 28.4 Å². The van der Waals surface area contributed by atoms with Crippen molar-refractivity contribution < 1.29 is 23.6 Å². The lowest BCUT2D eigenvalue weighted by Gasteiger charge is -2.54. The molecule has 6 nitrogen and oxygen atoms in total. The van der Waals surface area contributed by atoms with E-state index in [0.29, 0.717) is 42.5 Å². The van der Waals surface area contributed by atoms with E-state index in [9.17, 15) is 5.21 Å². The number of hydrogen-bond acceptors (Lipinski definition) is 5. The Labute approximate surface area is 159 Å². The molecule has 0 saturated heterocycles. The second-order valence-corrected chi connectivity index (χ2v) is 7.15. The van der Waals surface area contributed by atoms with Gasteiger partial charge < -0.3 is 28.8 Å². The molecule has 27 heavy (non-hydrogen) atoms. The zero-order chi connectivity index (χ0) is 19.2. The summed E-state index contributed by atoms with van der Waals surface area (Å²) in [6.45, 7) is 0.918. The van der Waals surface area contributed by atoms with Crippen molar-refractivity contribution in [3.05, 3.63) is 51.7 Å². The van der Waals surface area contributed by atoms with E-state index in [1.165, 1.54) is 5.56 Å². The predicted molar refractivity (Wildman–Crippen MR) is 101 cm³/mol. The third-order valence-electron chi connectivity index (χ3n) is 5.92.